The van der Waals surface area contributed by atoms with E-state index < -0.39 is 0 Å². The SMILES string of the molecule is CCOC(=O)C1NCCC1C.Cl. The number of nitrogens with one attached hydrogen (secondary N) is 1. The first-order chi connectivity index (χ1) is 5.25. The number of halogens is 1. The Hall–Kier alpha value is -0.280. The summed E-state index contributed by atoms with van der Waals surface area (Å²) in [5.74, 6) is 0.326. The van der Waals surface area contributed by atoms with Crippen molar-refractivity contribution in [3.63, 3.8) is 0 Å². The van der Waals surface area contributed by atoms with Crippen molar-refractivity contribution in [1.82, 2.24) is 5.32 Å². The smallest absolute Gasteiger partial charge is 0.323 e. The summed E-state index contributed by atoms with van der Waals surface area (Å²) in [6.07, 6.45) is 1.07. The van der Waals surface area contributed by atoms with Gasteiger partial charge in [0.2, 0.25) is 0 Å². The molecule has 1 heterocycles. The first-order valence-electron chi connectivity index (χ1n) is 4.15. The van der Waals surface area contributed by atoms with Crippen LogP contribution in [0.2, 0.25) is 0 Å². The van der Waals surface area contributed by atoms with Crippen molar-refractivity contribution >= 4 is 18.4 Å². The lowest BCUT2D eigenvalue weighted by Crippen LogP contribution is -2.36. The summed E-state index contributed by atoms with van der Waals surface area (Å²) in [5, 5.41) is 3.12. The predicted octanol–water partition coefficient (Wildman–Crippen LogP) is 0.969. The normalized spacial score (nSPS) is 27.8. The molecule has 3 nitrogen and oxygen atoms in total. The fourth-order valence-corrected chi connectivity index (χ4v) is 1.38. The van der Waals surface area contributed by atoms with Crippen LogP contribution >= 0.6 is 12.4 Å². The summed E-state index contributed by atoms with van der Waals surface area (Å²) in [6, 6.07) is -0.0602. The monoisotopic (exact) mass is 193 g/mol. The third kappa shape index (κ3) is 2.64. The first-order valence-corrected chi connectivity index (χ1v) is 4.15. The van der Waals surface area contributed by atoms with Gasteiger partial charge in [-0.25, -0.2) is 0 Å². The molecule has 1 aliphatic heterocycles. The molecule has 0 aromatic carbocycles. The number of hydrogen-bond acceptors (Lipinski definition) is 3. The quantitative estimate of drug-likeness (QED) is 0.665. The van der Waals surface area contributed by atoms with Crippen molar-refractivity contribution in [2.75, 3.05) is 13.2 Å². The number of esters is 1. The standard InChI is InChI=1S/C8H15NO2.ClH/c1-3-11-8(10)7-6(2)4-5-9-7;/h6-7,9H,3-5H2,1-2H3;1H. The molecule has 72 valence electrons. The minimum Gasteiger partial charge on any atom is -0.465 e. The fourth-order valence-electron chi connectivity index (χ4n) is 1.38. The molecule has 1 saturated heterocycles. The molecule has 0 saturated carbocycles. The molecule has 0 bridgehead atoms. The van der Waals surface area contributed by atoms with Gasteiger partial charge in [0.15, 0.2) is 0 Å². The molecule has 4 heteroatoms. The van der Waals surface area contributed by atoms with Crippen LogP contribution in [-0.4, -0.2) is 25.2 Å². The molecule has 1 fully saturated rings. The molecule has 0 aromatic rings. The van der Waals surface area contributed by atoms with Crippen LogP contribution in [0.15, 0.2) is 0 Å². The van der Waals surface area contributed by atoms with Crippen molar-refractivity contribution in [1.29, 1.82) is 0 Å². The van der Waals surface area contributed by atoms with E-state index >= 15 is 0 Å². The maximum absolute atomic E-state index is 11.2. The van der Waals surface area contributed by atoms with Crippen molar-refractivity contribution in [2.24, 2.45) is 5.92 Å². The molecule has 12 heavy (non-hydrogen) atoms. The van der Waals surface area contributed by atoms with Crippen LogP contribution in [0.1, 0.15) is 20.3 Å². The van der Waals surface area contributed by atoms with E-state index in [1.54, 1.807) is 0 Å². The molecule has 0 radical (unpaired) electrons. The summed E-state index contributed by atoms with van der Waals surface area (Å²) in [6.45, 7) is 5.31. The van der Waals surface area contributed by atoms with Crippen LogP contribution in [0.5, 0.6) is 0 Å². The van der Waals surface area contributed by atoms with E-state index in [2.05, 4.69) is 12.2 Å². The summed E-state index contributed by atoms with van der Waals surface area (Å²) >= 11 is 0. The van der Waals surface area contributed by atoms with E-state index in [-0.39, 0.29) is 24.4 Å². The molecule has 2 atom stereocenters. The maximum atomic E-state index is 11.2. The van der Waals surface area contributed by atoms with E-state index in [1.807, 2.05) is 6.92 Å². The summed E-state index contributed by atoms with van der Waals surface area (Å²) < 4.78 is 4.89. The van der Waals surface area contributed by atoms with Gasteiger partial charge >= 0.3 is 5.97 Å². The Balaban J connectivity index is 0.00000121. The van der Waals surface area contributed by atoms with E-state index in [0.29, 0.717) is 12.5 Å². The van der Waals surface area contributed by atoms with Crippen LogP contribution in [0.3, 0.4) is 0 Å². The Kier molecular flexibility index (Phi) is 5.25. The predicted molar refractivity (Wildman–Crippen MR) is 49.5 cm³/mol. The zero-order chi connectivity index (χ0) is 8.27. The highest BCUT2D eigenvalue weighted by Crippen LogP contribution is 2.15. The number of ether oxygens (including phenoxy) is 1. The number of carbonyl (C=O) groups excluding carboxylic acids is 1. The average molecular weight is 194 g/mol. The van der Waals surface area contributed by atoms with Crippen LogP contribution in [-0.2, 0) is 9.53 Å². The zero-order valence-electron chi connectivity index (χ0n) is 7.50. The van der Waals surface area contributed by atoms with E-state index in [4.69, 9.17) is 4.74 Å². The molecule has 2 unspecified atom stereocenters. The highest BCUT2D eigenvalue weighted by Gasteiger charge is 2.29. The van der Waals surface area contributed by atoms with Crippen LogP contribution < -0.4 is 5.32 Å². The van der Waals surface area contributed by atoms with Gasteiger partial charge in [-0.3, -0.25) is 4.79 Å². The van der Waals surface area contributed by atoms with Gasteiger partial charge in [0.1, 0.15) is 6.04 Å². The minimum absolute atomic E-state index is 0. The third-order valence-electron chi connectivity index (χ3n) is 2.07. The highest BCUT2D eigenvalue weighted by atomic mass is 35.5. The van der Waals surface area contributed by atoms with Crippen LogP contribution in [0.4, 0.5) is 0 Å². The second-order valence-electron chi connectivity index (χ2n) is 2.95. The molecule has 1 aliphatic rings. The van der Waals surface area contributed by atoms with Gasteiger partial charge in [-0.1, -0.05) is 6.92 Å². The van der Waals surface area contributed by atoms with Crippen molar-refractivity contribution in [2.45, 2.75) is 26.3 Å². The van der Waals surface area contributed by atoms with E-state index in [9.17, 15) is 4.79 Å². The topological polar surface area (TPSA) is 38.3 Å². The van der Waals surface area contributed by atoms with Gasteiger partial charge in [0.25, 0.3) is 0 Å². The summed E-state index contributed by atoms with van der Waals surface area (Å²) in [7, 11) is 0. The zero-order valence-corrected chi connectivity index (χ0v) is 8.32. The van der Waals surface area contributed by atoms with E-state index in [1.165, 1.54) is 0 Å². The van der Waals surface area contributed by atoms with Gasteiger partial charge in [-0.05, 0) is 25.8 Å². The van der Waals surface area contributed by atoms with Crippen molar-refractivity contribution in [3.8, 4) is 0 Å². The Morgan fingerprint density at radius 1 is 1.67 bits per heavy atom. The lowest BCUT2D eigenvalue weighted by atomic mass is 10.0. The molecule has 1 N–H and O–H groups in total. The van der Waals surface area contributed by atoms with Crippen LogP contribution in [0, 0.1) is 5.92 Å². The number of carbonyl (C=O) groups is 1. The molecule has 0 aliphatic carbocycles. The minimum atomic E-state index is -0.0995. The van der Waals surface area contributed by atoms with Gasteiger partial charge < -0.3 is 10.1 Å². The summed E-state index contributed by atoms with van der Waals surface area (Å²) in [5.41, 5.74) is 0. The molecule has 1 rings (SSSR count). The third-order valence-corrected chi connectivity index (χ3v) is 2.07. The van der Waals surface area contributed by atoms with Gasteiger partial charge in [0, 0.05) is 0 Å². The van der Waals surface area contributed by atoms with Gasteiger partial charge in [-0.2, -0.15) is 0 Å². The Morgan fingerprint density at radius 2 is 2.33 bits per heavy atom. The first kappa shape index (κ1) is 11.7. The molecule has 0 amide bonds. The lowest BCUT2D eigenvalue weighted by Gasteiger charge is -2.12. The Morgan fingerprint density at radius 3 is 2.75 bits per heavy atom. The van der Waals surface area contributed by atoms with E-state index in [0.717, 1.165) is 13.0 Å². The molecule has 0 spiro atoms. The summed E-state index contributed by atoms with van der Waals surface area (Å²) in [4.78, 5) is 11.2. The van der Waals surface area contributed by atoms with Gasteiger partial charge in [-0.15, -0.1) is 12.4 Å². The molecular formula is C8H16ClNO2. The second kappa shape index (κ2) is 5.38. The maximum Gasteiger partial charge on any atom is 0.323 e. The lowest BCUT2D eigenvalue weighted by molar-refractivity contribution is -0.146. The average Bonchev–Trinajstić information content (AvgIpc) is 2.36. The van der Waals surface area contributed by atoms with Crippen LogP contribution in [0.25, 0.3) is 0 Å². The largest absolute Gasteiger partial charge is 0.465 e. The number of rotatable bonds is 2. The number of hydrogen-bond donors (Lipinski definition) is 1. The van der Waals surface area contributed by atoms with Crippen molar-refractivity contribution < 1.29 is 9.53 Å². The Labute approximate surface area is 79.3 Å². The molecular weight excluding hydrogens is 178 g/mol. The van der Waals surface area contributed by atoms with Gasteiger partial charge in [0.05, 0.1) is 6.61 Å². The highest BCUT2D eigenvalue weighted by molar-refractivity contribution is 5.85. The fraction of sp³-hybridized carbons (Fsp3) is 0.875. The van der Waals surface area contributed by atoms with Crippen molar-refractivity contribution in [3.05, 3.63) is 0 Å². The Bertz CT molecular complexity index is 152. The second-order valence-corrected chi connectivity index (χ2v) is 2.95. The molecule has 0 aromatic heterocycles.